The average molecular weight is 128 g/mol. The minimum atomic E-state index is -0.228. The van der Waals surface area contributed by atoms with Crippen molar-refractivity contribution < 1.29 is 9.59 Å². The Morgan fingerprint density at radius 1 is 1.56 bits per heavy atom. The van der Waals surface area contributed by atoms with Crippen LogP contribution in [0.4, 0.5) is 0 Å². The molecule has 1 atom stereocenters. The molecular formula is C7H14NO+. The Bertz CT molecular complexity index is 129. The molecule has 0 saturated heterocycles. The molecule has 9 heavy (non-hydrogen) atoms. The second-order valence-electron chi connectivity index (χ2n) is 3.30. The molecule has 1 aliphatic heterocycles. The van der Waals surface area contributed by atoms with Gasteiger partial charge in [0.2, 0.25) is 0 Å². The van der Waals surface area contributed by atoms with Crippen molar-refractivity contribution in [1.29, 1.82) is 0 Å². The van der Waals surface area contributed by atoms with Crippen molar-refractivity contribution in [2.24, 2.45) is 0 Å². The maximum atomic E-state index is 9.14. The van der Waals surface area contributed by atoms with Crippen LogP contribution >= 0.6 is 0 Å². The highest BCUT2D eigenvalue weighted by Crippen LogP contribution is 2.06. The summed E-state index contributed by atoms with van der Waals surface area (Å²) >= 11 is 0. The lowest BCUT2D eigenvalue weighted by Gasteiger charge is -2.32. The van der Waals surface area contributed by atoms with Gasteiger partial charge in [0.25, 0.3) is 0 Å². The van der Waals surface area contributed by atoms with E-state index in [0.29, 0.717) is 0 Å². The molecule has 52 valence electrons. The maximum absolute atomic E-state index is 9.14. The third-order valence-electron chi connectivity index (χ3n) is 1.64. The van der Waals surface area contributed by atoms with E-state index in [-0.39, 0.29) is 6.10 Å². The zero-order chi connectivity index (χ0) is 6.91. The topological polar surface area (TPSA) is 20.2 Å². The highest BCUT2D eigenvalue weighted by molar-refractivity contribution is 4.91. The van der Waals surface area contributed by atoms with E-state index in [0.717, 1.165) is 17.6 Å². The minimum absolute atomic E-state index is 0.228. The monoisotopic (exact) mass is 128 g/mol. The van der Waals surface area contributed by atoms with Gasteiger partial charge in [-0.3, -0.25) is 0 Å². The van der Waals surface area contributed by atoms with Gasteiger partial charge in [-0.05, 0) is 12.2 Å². The molecule has 0 aromatic rings. The van der Waals surface area contributed by atoms with Crippen molar-refractivity contribution in [3.8, 4) is 0 Å². The van der Waals surface area contributed by atoms with Crippen molar-refractivity contribution >= 4 is 0 Å². The number of likely N-dealkylation sites (N-methyl/N-ethyl adjacent to an activating group) is 1. The smallest absolute Gasteiger partial charge is 0.121 e. The number of aliphatic hydroxyl groups is 1. The fourth-order valence-electron chi connectivity index (χ4n) is 1.15. The van der Waals surface area contributed by atoms with Gasteiger partial charge in [0.15, 0.2) is 0 Å². The quantitative estimate of drug-likeness (QED) is 0.359. The van der Waals surface area contributed by atoms with Crippen LogP contribution in [-0.2, 0) is 0 Å². The largest absolute Gasteiger partial charge is 0.383 e. The second-order valence-corrected chi connectivity index (χ2v) is 3.30. The molecule has 0 amide bonds. The maximum Gasteiger partial charge on any atom is 0.121 e. The van der Waals surface area contributed by atoms with Crippen LogP contribution in [0.1, 0.15) is 0 Å². The van der Waals surface area contributed by atoms with E-state index in [9.17, 15) is 0 Å². The van der Waals surface area contributed by atoms with Crippen LogP contribution in [0.2, 0.25) is 0 Å². The molecule has 1 rings (SSSR count). The van der Waals surface area contributed by atoms with Crippen molar-refractivity contribution in [2.45, 2.75) is 6.10 Å². The fraction of sp³-hybridized carbons (Fsp3) is 0.714. The summed E-state index contributed by atoms with van der Waals surface area (Å²) in [6.45, 7) is 1.88. The summed E-state index contributed by atoms with van der Waals surface area (Å²) in [7, 11) is 4.24. The number of rotatable bonds is 0. The van der Waals surface area contributed by atoms with Gasteiger partial charge in [-0.2, -0.15) is 0 Å². The van der Waals surface area contributed by atoms with E-state index in [4.69, 9.17) is 5.11 Å². The van der Waals surface area contributed by atoms with Crippen molar-refractivity contribution in [1.82, 2.24) is 0 Å². The SMILES string of the molecule is C[N+]1(C)CC=C[C@@H](O)C1. The number of hydrogen-bond acceptors (Lipinski definition) is 1. The highest BCUT2D eigenvalue weighted by atomic mass is 16.3. The first-order chi connectivity index (χ1) is 4.10. The summed E-state index contributed by atoms with van der Waals surface area (Å²) in [6, 6.07) is 0. The number of quaternary nitrogens is 1. The zero-order valence-electron chi connectivity index (χ0n) is 6.04. The molecule has 1 N–H and O–H groups in total. The first kappa shape index (κ1) is 6.78. The molecule has 0 bridgehead atoms. The predicted octanol–water partition coefficient (Wildman–Crippen LogP) is -0.00650. The number of nitrogens with zero attached hydrogens (tertiary/aromatic N) is 1. The van der Waals surface area contributed by atoms with E-state index >= 15 is 0 Å². The molecule has 1 heterocycles. The molecule has 0 radical (unpaired) electrons. The Morgan fingerprint density at radius 2 is 2.22 bits per heavy atom. The first-order valence-electron chi connectivity index (χ1n) is 3.27. The third kappa shape index (κ3) is 1.80. The molecule has 0 aromatic heterocycles. The summed E-state index contributed by atoms with van der Waals surface area (Å²) in [5.41, 5.74) is 0. The fourth-order valence-corrected chi connectivity index (χ4v) is 1.15. The Labute approximate surface area is 56.0 Å². The van der Waals surface area contributed by atoms with E-state index in [2.05, 4.69) is 14.1 Å². The first-order valence-corrected chi connectivity index (χ1v) is 3.27. The van der Waals surface area contributed by atoms with E-state index in [1.807, 2.05) is 12.2 Å². The lowest BCUT2D eigenvalue weighted by Crippen LogP contribution is -2.47. The predicted molar refractivity (Wildman–Crippen MR) is 37.0 cm³/mol. The highest BCUT2D eigenvalue weighted by Gasteiger charge is 2.20. The van der Waals surface area contributed by atoms with Gasteiger partial charge in [0.05, 0.1) is 20.6 Å². The van der Waals surface area contributed by atoms with Gasteiger partial charge in [-0.15, -0.1) is 0 Å². The van der Waals surface area contributed by atoms with Gasteiger partial charge in [0, 0.05) is 0 Å². The third-order valence-corrected chi connectivity index (χ3v) is 1.64. The molecule has 0 saturated carbocycles. The molecule has 2 nitrogen and oxygen atoms in total. The normalized spacial score (nSPS) is 32.6. The van der Waals surface area contributed by atoms with Gasteiger partial charge < -0.3 is 9.59 Å². The van der Waals surface area contributed by atoms with Crippen LogP contribution in [-0.4, -0.2) is 42.9 Å². The molecule has 0 aliphatic carbocycles. The summed E-state index contributed by atoms with van der Waals surface area (Å²) < 4.78 is 0.900. The van der Waals surface area contributed by atoms with Gasteiger partial charge in [0.1, 0.15) is 12.6 Å². The van der Waals surface area contributed by atoms with Gasteiger partial charge in [-0.25, -0.2) is 0 Å². The Kier molecular flexibility index (Phi) is 1.60. The van der Waals surface area contributed by atoms with Crippen LogP contribution < -0.4 is 0 Å². The lowest BCUT2D eigenvalue weighted by atomic mass is 10.2. The summed E-state index contributed by atoms with van der Waals surface area (Å²) in [5.74, 6) is 0. The Morgan fingerprint density at radius 3 is 2.56 bits per heavy atom. The van der Waals surface area contributed by atoms with E-state index in [1.54, 1.807) is 0 Å². The van der Waals surface area contributed by atoms with Crippen LogP contribution in [0, 0.1) is 0 Å². The standard InChI is InChI=1S/C7H14NO/c1-8(2)5-3-4-7(9)6-8/h3-4,7,9H,5-6H2,1-2H3/q+1/t7-/m1/s1. The summed E-state index contributed by atoms with van der Waals surface area (Å²) in [5, 5.41) is 9.14. The Hall–Kier alpha value is -0.340. The number of aliphatic hydroxyl groups excluding tert-OH is 1. The average Bonchev–Trinajstić information content (AvgIpc) is 1.60. The molecular weight excluding hydrogens is 114 g/mol. The second kappa shape index (κ2) is 2.12. The van der Waals surface area contributed by atoms with Gasteiger partial charge in [-0.1, -0.05) is 0 Å². The Balaban J connectivity index is 2.58. The molecule has 0 spiro atoms. The lowest BCUT2D eigenvalue weighted by molar-refractivity contribution is -0.888. The zero-order valence-corrected chi connectivity index (χ0v) is 6.04. The molecule has 0 aromatic carbocycles. The van der Waals surface area contributed by atoms with E-state index in [1.165, 1.54) is 0 Å². The van der Waals surface area contributed by atoms with E-state index < -0.39 is 0 Å². The minimum Gasteiger partial charge on any atom is -0.383 e. The summed E-state index contributed by atoms with van der Waals surface area (Å²) in [4.78, 5) is 0. The van der Waals surface area contributed by atoms with Crippen LogP contribution in [0.15, 0.2) is 12.2 Å². The molecule has 2 heteroatoms. The van der Waals surface area contributed by atoms with Crippen LogP contribution in [0.3, 0.4) is 0 Å². The van der Waals surface area contributed by atoms with Crippen molar-refractivity contribution in [2.75, 3.05) is 27.2 Å². The van der Waals surface area contributed by atoms with Crippen molar-refractivity contribution in [3.63, 3.8) is 0 Å². The van der Waals surface area contributed by atoms with Crippen LogP contribution in [0.5, 0.6) is 0 Å². The summed E-state index contributed by atoms with van der Waals surface area (Å²) in [6.07, 6.45) is 3.67. The van der Waals surface area contributed by atoms with Crippen molar-refractivity contribution in [3.05, 3.63) is 12.2 Å². The van der Waals surface area contributed by atoms with Gasteiger partial charge >= 0.3 is 0 Å². The molecule has 0 fully saturated rings. The van der Waals surface area contributed by atoms with Crippen LogP contribution in [0.25, 0.3) is 0 Å². The number of hydrogen-bond donors (Lipinski definition) is 1. The molecule has 1 aliphatic rings. The molecule has 0 unspecified atom stereocenters.